The van der Waals surface area contributed by atoms with E-state index < -0.39 is 23.3 Å². The van der Waals surface area contributed by atoms with Crippen molar-refractivity contribution in [1.82, 2.24) is 4.98 Å². The predicted molar refractivity (Wildman–Crippen MR) is 73.6 cm³/mol. The molecule has 0 bridgehead atoms. The molecule has 0 aliphatic rings. The molecule has 2 aromatic rings. The molecule has 0 radical (unpaired) electrons. The fourth-order valence-electron chi connectivity index (χ4n) is 2.03. The zero-order chi connectivity index (χ0) is 16.5. The van der Waals surface area contributed by atoms with E-state index in [2.05, 4.69) is 9.72 Å². The highest BCUT2D eigenvalue weighted by Crippen LogP contribution is 2.31. The van der Waals surface area contributed by atoms with Crippen LogP contribution in [0.15, 0.2) is 35.1 Å². The van der Waals surface area contributed by atoms with Crippen molar-refractivity contribution in [3.05, 3.63) is 57.5 Å². The predicted octanol–water partition coefficient (Wildman–Crippen LogP) is 3.16. The zero-order valence-corrected chi connectivity index (χ0v) is 11.7. The van der Waals surface area contributed by atoms with Crippen molar-refractivity contribution in [2.24, 2.45) is 0 Å². The number of ether oxygens (including phenoxy) is 1. The third kappa shape index (κ3) is 3.03. The molecule has 1 aromatic heterocycles. The van der Waals surface area contributed by atoms with Crippen molar-refractivity contribution in [1.29, 1.82) is 0 Å². The van der Waals surface area contributed by atoms with E-state index in [1.54, 1.807) is 6.92 Å². The van der Waals surface area contributed by atoms with Crippen molar-refractivity contribution in [3.8, 4) is 11.1 Å². The van der Waals surface area contributed by atoms with Crippen LogP contribution in [-0.4, -0.2) is 18.1 Å². The number of nitrogens with one attached hydrogen (secondary N) is 1. The van der Waals surface area contributed by atoms with E-state index in [4.69, 9.17) is 0 Å². The second-order valence-corrected chi connectivity index (χ2v) is 4.64. The maximum absolute atomic E-state index is 12.7. The summed E-state index contributed by atoms with van der Waals surface area (Å²) in [6, 6.07) is 5.80. The fourth-order valence-corrected chi connectivity index (χ4v) is 2.03. The number of aromatic nitrogens is 1. The molecule has 1 aromatic carbocycles. The summed E-state index contributed by atoms with van der Waals surface area (Å²) in [5.41, 5.74) is -0.960. The molecule has 0 fully saturated rings. The molecular formula is C15H12F3NO3. The SMILES string of the molecule is COC(=O)c1[nH]c(=O)c(-c2cccc(C(F)(F)F)c2)cc1C. The van der Waals surface area contributed by atoms with Crippen LogP contribution in [0.2, 0.25) is 0 Å². The number of halogens is 3. The Hall–Kier alpha value is -2.57. The molecule has 4 nitrogen and oxygen atoms in total. The Morgan fingerprint density at radius 1 is 1.23 bits per heavy atom. The molecule has 116 valence electrons. The lowest BCUT2D eigenvalue weighted by molar-refractivity contribution is -0.137. The molecule has 1 N–H and O–H groups in total. The lowest BCUT2D eigenvalue weighted by Gasteiger charge is -2.10. The van der Waals surface area contributed by atoms with Crippen LogP contribution in [0, 0.1) is 6.92 Å². The number of methoxy groups -OCH3 is 1. The quantitative estimate of drug-likeness (QED) is 0.867. The summed E-state index contributed by atoms with van der Waals surface area (Å²) in [5.74, 6) is -0.717. The molecule has 0 spiro atoms. The molecule has 0 saturated carbocycles. The number of aryl methyl sites for hydroxylation is 1. The fraction of sp³-hybridized carbons (Fsp3) is 0.200. The smallest absolute Gasteiger partial charge is 0.416 e. The first-order chi connectivity index (χ1) is 10.2. The number of H-pyrrole nitrogens is 1. The maximum atomic E-state index is 12.7. The van der Waals surface area contributed by atoms with Gasteiger partial charge in [-0.2, -0.15) is 13.2 Å². The second-order valence-electron chi connectivity index (χ2n) is 4.64. The van der Waals surface area contributed by atoms with Gasteiger partial charge in [-0.15, -0.1) is 0 Å². The molecule has 0 aliphatic carbocycles. The minimum absolute atomic E-state index is 0.0248. The topological polar surface area (TPSA) is 59.2 Å². The Labute approximate surface area is 123 Å². The Bertz CT molecular complexity index is 778. The summed E-state index contributed by atoms with van der Waals surface area (Å²) in [6.45, 7) is 1.55. The van der Waals surface area contributed by atoms with E-state index in [-0.39, 0.29) is 16.8 Å². The van der Waals surface area contributed by atoms with Gasteiger partial charge in [0.15, 0.2) is 0 Å². The minimum atomic E-state index is -4.50. The van der Waals surface area contributed by atoms with E-state index in [1.165, 1.54) is 25.3 Å². The molecule has 0 amide bonds. The van der Waals surface area contributed by atoms with Crippen molar-refractivity contribution >= 4 is 5.97 Å². The monoisotopic (exact) mass is 311 g/mol. The number of carbonyl (C=O) groups is 1. The Balaban J connectivity index is 2.57. The average molecular weight is 311 g/mol. The average Bonchev–Trinajstić information content (AvgIpc) is 2.47. The van der Waals surface area contributed by atoms with Crippen LogP contribution in [0.25, 0.3) is 11.1 Å². The summed E-state index contributed by atoms with van der Waals surface area (Å²) in [7, 11) is 1.17. The Kier molecular flexibility index (Phi) is 4.07. The molecule has 0 aliphatic heterocycles. The van der Waals surface area contributed by atoms with Gasteiger partial charge >= 0.3 is 12.1 Å². The number of carbonyl (C=O) groups excluding carboxylic acids is 1. The largest absolute Gasteiger partial charge is 0.464 e. The molecular weight excluding hydrogens is 299 g/mol. The third-order valence-electron chi connectivity index (χ3n) is 3.13. The lowest BCUT2D eigenvalue weighted by Crippen LogP contribution is -2.17. The summed E-state index contributed by atoms with van der Waals surface area (Å²) >= 11 is 0. The molecule has 2 rings (SSSR count). The van der Waals surface area contributed by atoms with E-state index in [0.717, 1.165) is 12.1 Å². The van der Waals surface area contributed by atoms with Crippen LogP contribution in [0.3, 0.4) is 0 Å². The molecule has 22 heavy (non-hydrogen) atoms. The van der Waals surface area contributed by atoms with E-state index >= 15 is 0 Å². The van der Waals surface area contributed by atoms with E-state index in [0.29, 0.717) is 5.56 Å². The normalized spacial score (nSPS) is 11.3. The Morgan fingerprint density at radius 2 is 1.91 bits per heavy atom. The van der Waals surface area contributed by atoms with Crippen molar-refractivity contribution in [3.63, 3.8) is 0 Å². The van der Waals surface area contributed by atoms with Crippen molar-refractivity contribution < 1.29 is 22.7 Å². The van der Waals surface area contributed by atoms with Crippen molar-refractivity contribution in [2.75, 3.05) is 7.11 Å². The van der Waals surface area contributed by atoms with Crippen LogP contribution in [0.1, 0.15) is 21.6 Å². The van der Waals surface area contributed by atoms with Crippen LogP contribution >= 0.6 is 0 Å². The first kappa shape index (κ1) is 15.8. The molecule has 1 heterocycles. The first-order valence-corrected chi connectivity index (χ1v) is 6.24. The number of hydrogen-bond donors (Lipinski definition) is 1. The molecule has 0 saturated heterocycles. The number of rotatable bonds is 2. The van der Waals surface area contributed by atoms with Gasteiger partial charge in [0, 0.05) is 5.56 Å². The zero-order valence-electron chi connectivity index (χ0n) is 11.7. The summed E-state index contributed by atoms with van der Waals surface area (Å²) < 4.78 is 42.7. The highest BCUT2D eigenvalue weighted by Gasteiger charge is 2.30. The van der Waals surface area contributed by atoms with Gasteiger partial charge in [-0.05, 0) is 36.2 Å². The maximum Gasteiger partial charge on any atom is 0.416 e. The van der Waals surface area contributed by atoms with Crippen LogP contribution in [-0.2, 0) is 10.9 Å². The van der Waals surface area contributed by atoms with Gasteiger partial charge in [0.25, 0.3) is 5.56 Å². The van der Waals surface area contributed by atoms with Gasteiger partial charge in [-0.1, -0.05) is 12.1 Å². The second kappa shape index (κ2) is 5.67. The minimum Gasteiger partial charge on any atom is -0.464 e. The van der Waals surface area contributed by atoms with Gasteiger partial charge in [-0.3, -0.25) is 4.79 Å². The highest BCUT2D eigenvalue weighted by atomic mass is 19.4. The molecule has 7 heteroatoms. The summed E-state index contributed by atoms with van der Waals surface area (Å²) in [6.07, 6.45) is -4.50. The highest BCUT2D eigenvalue weighted by molar-refractivity contribution is 5.89. The van der Waals surface area contributed by atoms with Gasteiger partial charge in [0.2, 0.25) is 0 Å². The van der Waals surface area contributed by atoms with Gasteiger partial charge < -0.3 is 9.72 Å². The van der Waals surface area contributed by atoms with Gasteiger partial charge in [0.05, 0.1) is 12.7 Å². The van der Waals surface area contributed by atoms with E-state index in [9.17, 15) is 22.8 Å². The number of pyridine rings is 1. The first-order valence-electron chi connectivity index (χ1n) is 6.24. The number of aromatic amines is 1. The number of alkyl halides is 3. The van der Waals surface area contributed by atoms with Crippen LogP contribution < -0.4 is 5.56 Å². The summed E-state index contributed by atoms with van der Waals surface area (Å²) in [4.78, 5) is 25.8. The molecule has 0 unspecified atom stereocenters. The van der Waals surface area contributed by atoms with Gasteiger partial charge in [-0.25, -0.2) is 4.79 Å². The molecule has 0 atom stereocenters. The Morgan fingerprint density at radius 3 is 2.50 bits per heavy atom. The number of benzene rings is 1. The standard InChI is InChI=1S/C15H12F3NO3/c1-8-6-11(13(20)19-12(8)14(21)22-2)9-4-3-5-10(7-9)15(16,17)18/h3-7H,1-2H3,(H,19,20). The van der Waals surface area contributed by atoms with Crippen LogP contribution in [0.4, 0.5) is 13.2 Å². The van der Waals surface area contributed by atoms with Crippen LogP contribution in [0.5, 0.6) is 0 Å². The number of hydrogen-bond acceptors (Lipinski definition) is 3. The summed E-state index contributed by atoms with van der Waals surface area (Å²) in [5, 5.41) is 0. The van der Waals surface area contributed by atoms with Crippen molar-refractivity contribution in [2.45, 2.75) is 13.1 Å². The third-order valence-corrected chi connectivity index (χ3v) is 3.13. The number of esters is 1. The van der Waals surface area contributed by atoms with E-state index in [1.807, 2.05) is 0 Å². The lowest BCUT2D eigenvalue weighted by atomic mass is 10.0. The van der Waals surface area contributed by atoms with Gasteiger partial charge in [0.1, 0.15) is 5.69 Å².